The number of rotatable bonds is 2. The van der Waals surface area contributed by atoms with Crippen molar-refractivity contribution in [2.75, 3.05) is 0 Å². The summed E-state index contributed by atoms with van der Waals surface area (Å²) in [6.07, 6.45) is 7.96. The van der Waals surface area contributed by atoms with Gasteiger partial charge < -0.3 is 0 Å². The zero-order valence-corrected chi connectivity index (χ0v) is 14.9. The molecular weight excluding hydrogens is 407 g/mol. The van der Waals surface area contributed by atoms with Gasteiger partial charge in [0.2, 0.25) is 0 Å². The van der Waals surface area contributed by atoms with Crippen molar-refractivity contribution < 1.29 is 21.0 Å². The Morgan fingerprint density at radius 3 is 2.05 bits per heavy atom. The molecule has 4 rings (SSSR count). The van der Waals surface area contributed by atoms with Crippen LogP contribution in [0.15, 0.2) is 70.1 Å². The summed E-state index contributed by atoms with van der Waals surface area (Å²) in [6.45, 7) is 0. The second-order valence-electron chi connectivity index (χ2n) is 5.46. The molecule has 0 saturated carbocycles. The second-order valence-corrected chi connectivity index (χ2v) is 13.6. The second kappa shape index (κ2) is 4.89. The number of hydrogen-bond donors (Lipinski definition) is 0. The molecular formula is C19H16Hf. The fourth-order valence-electron chi connectivity index (χ4n) is 3.40. The van der Waals surface area contributed by atoms with Gasteiger partial charge >= 0.3 is 128 Å². The molecule has 0 unspecified atom stereocenters. The Morgan fingerprint density at radius 2 is 1.50 bits per heavy atom. The van der Waals surface area contributed by atoms with Crippen LogP contribution in [0.4, 0.5) is 0 Å². The first-order chi connectivity index (χ1) is 9.86. The molecule has 2 aliphatic rings. The van der Waals surface area contributed by atoms with Crippen molar-refractivity contribution in [3.63, 3.8) is 0 Å². The van der Waals surface area contributed by atoms with Crippen molar-refractivity contribution in [3.05, 3.63) is 81.2 Å². The van der Waals surface area contributed by atoms with Gasteiger partial charge in [-0.05, 0) is 0 Å². The Balaban J connectivity index is 1.89. The van der Waals surface area contributed by atoms with E-state index in [4.69, 9.17) is 4.26 Å². The van der Waals surface area contributed by atoms with E-state index in [1.54, 1.807) is 3.33 Å². The van der Waals surface area contributed by atoms with E-state index in [-0.39, 0.29) is 0 Å². The van der Waals surface area contributed by atoms with Crippen LogP contribution in [0.3, 0.4) is 0 Å². The Labute approximate surface area is 127 Å². The summed E-state index contributed by atoms with van der Waals surface area (Å²) in [5.74, 6) is 0. The van der Waals surface area contributed by atoms with E-state index in [1.165, 1.54) is 22.3 Å². The monoisotopic (exact) mass is 424 g/mol. The first-order valence-corrected chi connectivity index (χ1v) is 13.5. The van der Waals surface area contributed by atoms with Crippen LogP contribution in [0.5, 0.6) is 0 Å². The quantitative estimate of drug-likeness (QED) is 0.618. The Morgan fingerprint density at radius 1 is 0.900 bits per heavy atom. The Kier molecular flexibility index (Phi) is 3.03. The van der Waals surface area contributed by atoms with Gasteiger partial charge in [0, 0.05) is 0 Å². The topological polar surface area (TPSA) is 0 Å². The zero-order valence-electron chi connectivity index (χ0n) is 11.3. The maximum atomic E-state index is 4.70. The van der Waals surface area contributed by atoms with Crippen LogP contribution in [0.1, 0.15) is 21.2 Å². The predicted octanol–water partition coefficient (Wildman–Crippen LogP) is 4.65. The summed E-state index contributed by atoms with van der Waals surface area (Å²) in [5, 5.41) is 0. The molecule has 0 aromatic heterocycles. The van der Waals surface area contributed by atoms with Crippen LogP contribution in [0.25, 0.3) is 11.1 Å². The third kappa shape index (κ3) is 1.80. The van der Waals surface area contributed by atoms with E-state index in [1.807, 2.05) is 0 Å². The van der Waals surface area contributed by atoms with Crippen molar-refractivity contribution >= 4 is 4.26 Å². The SMILES string of the molecule is [CH2]=[Hf]([C]1=CC=CC1)[CH]1c2ccccc2-c2ccccc21. The van der Waals surface area contributed by atoms with Gasteiger partial charge in [-0.15, -0.1) is 0 Å². The summed E-state index contributed by atoms with van der Waals surface area (Å²) < 4.78 is 6.97. The summed E-state index contributed by atoms with van der Waals surface area (Å²) in [7, 11) is 0. The van der Waals surface area contributed by atoms with Crippen LogP contribution < -0.4 is 0 Å². The maximum absolute atomic E-state index is 4.70. The van der Waals surface area contributed by atoms with Crippen molar-refractivity contribution in [2.24, 2.45) is 0 Å². The zero-order chi connectivity index (χ0) is 13.5. The van der Waals surface area contributed by atoms with Gasteiger partial charge in [0.1, 0.15) is 0 Å². The van der Waals surface area contributed by atoms with Gasteiger partial charge in [0.05, 0.1) is 0 Å². The van der Waals surface area contributed by atoms with Crippen LogP contribution >= 0.6 is 0 Å². The van der Waals surface area contributed by atoms with E-state index >= 15 is 0 Å². The molecule has 0 bridgehead atoms. The standard InChI is InChI=1S/C13H9.C5H5.CH2.Hf/c1-3-7-12-10(5-1)9-11-6-2-4-8-13(11)12;1-2-4-5-3-1;;/h1-9H;1-3H,4H2;1H2;. The Bertz CT molecular complexity index is 719. The Hall–Kier alpha value is -1.34. The fourth-order valence-corrected chi connectivity index (χ4v) is 11.7. The van der Waals surface area contributed by atoms with Crippen LogP contribution in [0, 0.1) is 0 Å². The molecule has 0 saturated heterocycles. The van der Waals surface area contributed by atoms with E-state index in [0.717, 1.165) is 6.42 Å². The van der Waals surface area contributed by atoms with Crippen molar-refractivity contribution in [2.45, 2.75) is 10.1 Å². The molecule has 0 spiro atoms. The fraction of sp³-hybridized carbons (Fsp3) is 0.105. The molecule has 0 aliphatic heterocycles. The third-order valence-corrected chi connectivity index (χ3v) is 13.4. The summed E-state index contributed by atoms with van der Waals surface area (Å²) in [5.41, 5.74) is 5.93. The average Bonchev–Trinajstić information content (AvgIpc) is 3.13. The molecule has 0 nitrogen and oxygen atoms in total. The minimum atomic E-state index is -2.06. The molecule has 0 amide bonds. The molecule has 2 aliphatic carbocycles. The third-order valence-electron chi connectivity index (χ3n) is 4.37. The molecule has 20 heavy (non-hydrogen) atoms. The van der Waals surface area contributed by atoms with Gasteiger partial charge in [-0.1, -0.05) is 0 Å². The number of hydrogen-bond acceptors (Lipinski definition) is 0. The first kappa shape index (κ1) is 12.4. The van der Waals surface area contributed by atoms with Crippen molar-refractivity contribution in [1.82, 2.24) is 0 Å². The van der Waals surface area contributed by atoms with Crippen LogP contribution in [-0.2, 0) is 21.0 Å². The molecule has 0 heterocycles. The van der Waals surface area contributed by atoms with Gasteiger partial charge in [0.15, 0.2) is 0 Å². The number of fused-ring (bicyclic) bond motifs is 3. The van der Waals surface area contributed by atoms with E-state index in [0.29, 0.717) is 3.67 Å². The summed E-state index contributed by atoms with van der Waals surface area (Å²) >= 11 is -2.06. The van der Waals surface area contributed by atoms with Crippen molar-refractivity contribution in [3.8, 4) is 11.1 Å². The molecule has 0 N–H and O–H groups in total. The number of benzene rings is 2. The molecule has 0 radical (unpaired) electrons. The molecule has 2 aromatic rings. The van der Waals surface area contributed by atoms with Gasteiger partial charge in [-0.25, -0.2) is 0 Å². The van der Waals surface area contributed by atoms with Crippen molar-refractivity contribution in [1.29, 1.82) is 0 Å². The van der Waals surface area contributed by atoms with E-state index < -0.39 is 21.0 Å². The summed E-state index contributed by atoms with van der Waals surface area (Å²) in [4.78, 5) is 0. The average molecular weight is 423 g/mol. The van der Waals surface area contributed by atoms with Crippen LogP contribution in [-0.4, -0.2) is 4.26 Å². The van der Waals surface area contributed by atoms with E-state index in [2.05, 4.69) is 66.8 Å². The molecule has 1 heteroatoms. The van der Waals surface area contributed by atoms with Gasteiger partial charge in [0.25, 0.3) is 0 Å². The molecule has 0 fully saturated rings. The van der Waals surface area contributed by atoms with Gasteiger partial charge in [-0.2, -0.15) is 0 Å². The molecule has 2 aromatic carbocycles. The summed E-state index contributed by atoms with van der Waals surface area (Å²) in [6, 6.07) is 17.8. The first-order valence-electron chi connectivity index (χ1n) is 7.09. The molecule has 96 valence electrons. The van der Waals surface area contributed by atoms with Crippen LogP contribution in [0.2, 0.25) is 0 Å². The molecule has 0 atom stereocenters. The normalized spacial score (nSPS) is 15.9. The number of allylic oxidation sites excluding steroid dienone is 4. The van der Waals surface area contributed by atoms with E-state index in [9.17, 15) is 0 Å². The minimum absolute atomic E-state index is 0.610. The predicted molar refractivity (Wildman–Crippen MR) is 82.7 cm³/mol. The van der Waals surface area contributed by atoms with Gasteiger partial charge in [-0.3, -0.25) is 0 Å².